The van der Waals surface area contributed by atoms with E-state index < -0.39 is 5.91 Å². The molecule has 3 N–H and O–H groups in total. The van der Waals surface area contributed by atoms with Crippen molar-refractivity contribution in [2.75, 3.05) is 6.61 Å². The van der Waals surface area contributed by atoms with Gasteiger partial charge in [-0.2, -0.15) is 5.10 Å². The summed E-state index contributed by atoms with van der Waals surface area (Å²) >= 11 is 0. The summed E-state index contributed by atoms with van der Waals surface area (Å²) in [6, 6.07) is 10.1. The first kappa shape index (κ1) is 16.0. The van der Waals surface area contributed by atoms with E-state index in [0.29, 0.717) is 12.3 Å². The fourth-order valence-corrected chi connectivity index (χ4v) is 2.10. The summed E-state index contributed by atoms with van der Waals surface area (Å²) < 4.78 is 7.24. The van der Waals surface area contributed by atoms with Crippen LogP contribution in [0.2, 0.25) is 0 Å². The molecule has 0 aliphatic rings. The Morgan fingerprint density at radius 2 is 2.23 bits per heavy atom. The van der Waals surface area contributed by atoms with Crippen LogP contribution in [0.25, 0.3) is 0 Å². The number of nitrogens with one attached hydrogen (secondary N) is 1. The van der Waals surface area contributed by atoms with Gasteiger partial charge in [0.25, 0.3) is 5.91 Å². The van der Waals surface area contributed by atoms with Crippen molar-refractivity contribution < 1.29 is 9.53 Å². The zero-order chi connectivity index (χ0) is 15.9. The van der Waals surface area contributed by atoms with Gasteiger partial charge in [-0.05, 0) is 37.6 Å². The Morgan fingerprint density at radius 3 is 2.91 bits per heavy atom. The number of rotatable bonds is 8. The van der Waals surface area contributed by atoms with Crippen LogP contribution in [0.1, 0.15) is 25.5 Å². The topological polar surface area (TPSA) is 82.2 Å². The van der Waals surface area contributed by atoms with E-state index in [1.165, 1.54) is 0 Å². The molecule has 1 aromatic heterocycles. The third-order valence-corrected chi connectivity index (χ3v) is 3.57. The van der Waals surface area contributed by atoms with Gasteiger partial charge in [0.15, 0.2) is 6.61 Å². The molecular formula is C16H22N4O2. The van der Waals surface area contributed by atoms with Crippen molar-refractivity contribution in [1.82, 2.24) is 15.1 Å². The number of hydrogen-bond donors (Lipinski definition) is 2. The van der Waals surface area contributed by atoms with Crippen LogP contribution < -0.4 is 15.8 Å². The number of aromatic nitrogens is 2. The fourth-order valence-electron chi connectivity index (χ4n) is 2.10. The summed E-state index contributed by atoms with van der Waals surface area (Å²) in [6.07, 6.45) is 3.74. The van der Waals surface area contributed by atoms with Crippen LogP contribution in [0.15, 0.2) is 42.7 Å². The summed E-state index contributed by atoms with van der Waals surface area (Å²) in [5, 5.41) is 7.73. The van der Waals surface area contributed by atoms with Gasteiger partial charge in [-0.3, -0.25) is 9.48 Å². The number of hydrogen-bond acceptors (Lipinski definition) is 4. The number of ether oxygens (including phenoxy) is 1. The quantitative estimate of drug-likeness (QED) is 0.774. The lowest BCUT2D eigenvalue weighted by Gasteiger charge is -2.22. The molecule has 2 atom stereocenters. The average Bonchev–Trinajstić information content (AvgIpc) is 3.04. The summed E-state index contributed by atoms with van der Waals surface area (Å²) in [6.45, 7) is 4.85. The molecule has 0 saturated heterocycles. The maximum Gasteiger partial charge on any atom is 0.255 e. The van der Waals surface area contributed by atoms with Gasteiger partial charge in [-0.1, -0.05) is 12.1 Å². The first-order valence-electron chi connectivity index (χ1n) is 7.29. The van der Waals surface area contributed by atoms with E-state index >= 15 is 0 Å². The summed E-state index contributed by atoms with van der Waals surface area (Å²) in [5.74, 6) is 0.163. The number of nitrogens with two attached hydrogens (primary N) is 1. The second-order valence-corrected chi connectivity index (χ2v) is 5.30. The molecule has 6 heteroatoms. The monoisotopic (exact) mass is 302 g/mol. The molecule has 0 spiro atoms. The number of nitrogens with zero attached hydrogens (tertiary/aromatic N) is 2. The highest BCUT2D eigenvalue weighted by Gasteiger charge is 2.13. The maximum absolute atomic E-state index is 10.7. The molecule has 22 heavy (non-hydrogen) atoms. The minimum atomic E-state index is -0.481. The molecule has 0 aliphatic carbocycles. The minimum absolute atomic E-state index is 0.108. The van der Waals surface area contributed by atoms with E-state index in [2.05, 4.69) is 24.3 Å². The largest absolute Gasteiger partial charge is 0.484 e. The van der Waals surface area contributed by atoms with Crippen molar-refractivity contribution in [2.45, 2.75) is 32.5 Å². The lowest BCUT2D eigenvalue weighted by Crippen LogP contribution is -2.33. The van der Waals surface area contributed by atoms with Crippen molar-refractivity contribution >= 4 is 5.91 Å². The molecule has 2 rings (SSSR count). The Bertz CT molecular complexity index is 598. The third kappa shape index (κ3) is 4.60. The molecule has 0 saturated carbocycles. The van der Waals surface area contributed by atoms with E-state index in [4.69, 9.17) is 10.5 Å². The highest BCUT2D eigenvalue weighted by molar-refractivity contribution is 5.75. The van der Waals surface area contributed by atoms with Crippen LogP contribution in [0.3, 0.4) is 0 Å². The Morgan fingerprint density at radius 1 is 1.41 bits per heavy atom. The molecule has 0 unspecified atom stereocenters. The third-order valence-electron chi connectivity index (χ3n) is 3.57. The van der Waals surface area contributed by atoms with Gasteiger partial charge in [0.2, 0.25) is 0 Å². The number of carbonyl (C=O) groups is 1. The molecule has 1 aromatic carbocycles. The van der Waals surface area contributed by atoms with Gasteiger partial charge in [-0.25, -0.2) is 0 Å². The van der Waals surface area contributed by atoms with Crippen molar-refractivity contribution in [3.05, 3.63) is 48.3 Å². The Labute approximate surface area is 130 Å². The SMILES string of the molecule is C[C@@H](NCc1cccc(OCC(N)=O)c1)[C@H](C)n1cccn1. The van der Waals surface area contributed by atoms with E-state index in [9.17, 15) is 4.79 Å². The molecular weight excluding hydrogens is 280 g/mol. The van der Waals surface area contributed by atoms with E-state index in [0.717, 1.165) is 5.56 Å². The van der Waals surface area contributed by atoms with Gasteiger partial charge in [0.05, 0.1) is 6.04 Å². The summed E-state index contributed by atoms with van der Waals surface area (Å²) in [7, 11) is 0. The number of carbonyl (C=O) groups excluding carboxylic acids is 1. The predicted molar refractivity (Wildman–Crippen MR) is 84.4 cm³/mol. The minimum Gasteiger partial charge on any atom is -0.484 e. The van der Waals surface area contributed by atoms with Crippen LogP contribution in [0.5, 0.6) is 5.75 Å². The Hall–Kier alpha value is -2.34. The molecule has 6 nitrogen and oxygen atoms in total. The number of primary amides is 1. The van der Waals surface area contributed by atoms with E-state index in [1.807, 2.05) is 41.2 Å². The number of benzene rings is 1. The highest BCUT2D eigenvalue weighted by Crippen LogP contribution is 2.14. The van der Waals surface area contributed by atoms with Gasteiger partial charge in [0.1, 0.15) is 5.75 Å². The van der Waals surface area contributed by atoms with Crippen LogP contribution in [0.4, 0.5) is 0 Å². The molecule has 1 amide bonds. The van der Waals surface area contributed by atoms with Gasteiger partial charge in [0, 0.05) is 25.0 Å². The Balaban J connectivity index is 1.88. The van der Waals surface area contributed by atoms with Gasteiger partial charge < -0.3 is 15.8 Å². The summed E-state index contributed by atoms with van der Waals surface area (Å²) in [4.78, 5) is 10.7. The molecule has 0 bridgehead atoms. The normalized spacial score (nSPS) is 13.5. The average molecular weight is 302 g/mol. The van der Waals surface area contributed by atoms with E-state index in [1.54, 1.807) is 6.20 Å². The molecule has 0 fully saturated rings. The molecule has 1 heterocycles. The van der Waals surface area contributed by atoms with Crippen LogP contribution in [-0.4, -0.2) is 28.3 Å². The second kappa shape index (κ2) is 7.61. The fraction of sp³-hybridized carbons (Fsp3) is 0.375. The van der Waals surface area contributed by atoms with E-state index in [-0.39, 0.29) is 18.7 Å². The van der Waals surface area contributed by atoms with Crippen molar-refractivity contribution in [3.8, 4) is 5.75 Å². The second-order valence-electron chi connectivity index (χ2n) is 5.30. The maximum atomic E-state index is 10.7. The predicted octanol–water partition coefficient (Wildman–Crippen LogP) is 1.49. The standard InChI is InChI=1S/C16H22N4O2/c1-12(13(2)20-8-4-7-19-20)18-10-14-5-3-6-15(9-14)22-11-16(17)21/h3-9,12-13,18H,10-11H2,1-2H3,(H2,17,21)/t12-,13+/m1/s1. The molecule has 0 radical (unpaired) electrons. The Kier molecular flexibility index (Phi) is 5.55. The molecule has 0 aliphatic heterocycles. The van der Waals surface area contributed by atoms with Crippen LogP contribution in [0, 0.1) is 0 Å². The lowest BCUT2D eigenvalue weighted by atomic mass is 10.1. The first-order valence-corrected chi connectivity index (χ1v) is 7.29. The van der Waals surface area contributed by atoms with Gasteiger partial charge >= 0.3 is 0 Å². The van der Waals surface area contributed by atoms with Gasteiger partial charge in [-0.15, -0.1) is 0 Å². The lowest BCUT2D eigenvalue weighted by molar-refractivity contribution is -0.119. The zero-order valence-electron chi connectivity index (χ0n) is 12.9. The van der Waals surface area contributed by atoms with Crippen LogP contribution in [-0.2, 0) is 11.3 Å². The highest BCUT2D eigenvalue weighted by atomic mass is 16.5. The zero-order valence-corrected chi connectivity index (χ0v) is 12.9. The number of amides is 1. The first-order chi connectivity index (χ1) is 10.6. The summed E-state index contributed by atoms with van der Waals surface area (Å²) in [5.41, 5.74) is 6.16. The van der Waals surface area contributed by atoms with Crippen molar-refractivity contribution in [1.29, 1.82) is 0 Å². The van der Waals surface area contributed by atoms with Crippen molar-refractivity contribution in [2.24, 2.45) is 5.73 Å². The molecule has 118 valence electrons. The van der Waals surface area contributed by atoms with Crippen molar-refractivity contribution in [3.63, 3.8) is 0 Å². The molecule has 2 aromatic rings. The van der Waals surface area contributed by atoms with Crippen LogP contribution >= 0.6 is 0 Å². The smallest absolute Gasteiger partial charge is 0.255 e.